The standard InChI is InChI=1S/C16H20F3NO2/c17-16(18,19)22-14-10-8-12(9-11-14)15(21)20-13-6-4-2-1-3-5-7-13/h8-11,13H,1-7H2,(H,20,21). The molecule has 1 aromatic rings. The van der Waals surface area contributed by atoms with E-state index in [-0.39, 0.29) is 17.7 Å². The molecule has 0 bridgehead atoms. The van der Waals surface area contributed by atoms with Gasteiger partial charge in [0, 0.05) is 11.6 Å². The number of hydrogen-bond acceptors (Lipinski definition) is 2. The van der Waals surface area contributed by atoms with Crippen LogP contribution in [-0.2, 0) is 0 Å². The first-order valence-corrected chi connectivity index (χ1v) is 7.61. The van der Waals surface area contributed by atoms with Gasteiger partial charge in [-0.15, -0.1) is 13.2 Å². The Morgan fingerprint density at radius 3 is 2.09 bits per heavy atom. The van der Waals surface area contributed by atoms with Crippen LogP contribution >= 0.6 is 0 Å². The highest BCUT2D eigenvalue weighted by Crippen LogP contribution is 2.23. The summed E-state index contributed by atoms with van der Waals surface area (Å²) in [5.74, 6) is -0.570. The summed E-state index contributed by atoms with van der Waals surface area (Å²) in [6.45, 7) is 0. The molecule has 0 aromatic heterocycles. The highest BCUT2D eigenvalue weighted by atomic mass is 19.4. The molecule has 6 heteroatoms. The van der Waals surface area contributed by atoms with E-state index in [0.717, 1.165) is 37.8 Å². The van der Waals surface area contributed by atoms with Gasteiger partial charge in [0.2, 0.25) is 0 Å². The predicted molar refractivity (Wildman–Crippen MR) is 76.7 cm³/mol. The highest BCUT2D eigenvalue weighted by molar-refractivity contribution is 5.94. The van der Waals surface area contributed by atoms with Crippen molar-refractivity contribution in [1.29, 1.82) is 0 Å². The molecule has 22 heavy (non-hydrogen) atoms. The largest absolute Gasteiger partial charge is 0.573 e. The lowest BCUT2D eigenvalue weighted by atomic mass is 9.96. The second-order valence-corrected chi connectivity index (χ2v) is 5.59. The van der Waals surface area contributed by atoms with Crippen molar-refractivity contribution in [2.75, 3.05) is 0 Å². The van der Waals surface area contributed by atoms with Gasteiger partial charge in [-0.25, -0.2) is 0 Å². The molecule has 1 aromatic carbocycles. The van der Waals surface area contributed by atoms with Gasteiger partial charge in [-0.3, -0.25) is 4.79 Å². The van der Waals surface area contributed by atoms with Gasteiger partial charge < -0.3 is 10.1 Å². The van der Waals surface area contributed by atoms with E-state index in [1.165, 1.54) is 31.4 Å². The number of halogens is 3. The van der Waals surface area contributed by atoms with Crippen molar-refractivity contribution in [1.82, 2.24) is 5.32 Å². The smallest absolute Gasteiger partial charge is 0.406 e. The molecule has 1 fully saturated rings. The minimum absolute atomic E-state index is 0.152. The minimum atomic E-state index is -4.72. The number of carbonyl (C=O) groups excluding carboxylic acids is 1. The molecule has 1 aliphatic carbocycles. The second kappa shape index (κ2) is 7.51. The third-order valence-electron chi connectivity index (χ3n) is 3.79. The Hall–Kier alpha value is -1.72. The number of nitrogens with one attached hydrogen (secondary N) is 1. The zero-order chi connectivity index (χ0) is 16.0. The van der Waals surface area contributed by atoms with Crippen LogP contribution in [-0.4, -0.2) is 18.3 Å². The molecular weight excluding hydrogens is 295 g/mol. The van der Waals surface area contributed by atoms with Crippen LogP contribution < -0.4 is 10.1 Å². The summed E-state index contributed by atoms with van der Waals surface area (Å²) in [6.07, 6.45) is 3.03. The lowest BCUT2D eigenvalue weighted by Gasteiger charge is -2.21. The van der Waals surface area contributed by atoms with Crippen molar-refractivity contribution < 1.29 is 22.7 Å². The average molecular weight is 315 g/mol. The first kappa shape index (κ1) is 16.6. The maximum absolute atomic E-state index is 12.1. The number of amides is 1. The summed E-state index contributed by atoms with van der Waals surface area (Å²) < 4.78 is 40.0. The third kappa shape index (κ3) is 5.58. The van der Waals surface area contributed by atoms with Gasteiger partial charge in [0.1, 0.15) is 5.75 Å². The molecule has 1 amide bonds. The molecule has 0 saturated heterocycles. The molecule has 0 aliphatic heterocycles. The quantitative estimate of drug-likeness (QED) is 0.896. The van der Waals surface area contributed by atoms with Crippen molar-refractivity contribution >= 4 is 5.91 Å². The average Bonchev–Trinajstić information content (AvgIpc) is 2.40. The summed E-state index contributed by atoms with van der Waals surface area (Å²) in [5, 5.41) is 2.97. The Kier molecular flexibility index (Phi) is 5.69. The minimum Gasteiger partial charge on any atom is -0.406 e. The van der Waals surface area contributed by atoms with Crippen LogP contribution in [0.2, 0.25) is 0 Å². The van der Waals surface area contributed by atoms with Crippen LogP contribution in [0.25, 0.3) is 0 Å². The van der Waals surface area contributed by atoms with Crippen LogP contribution in [0.3, 0.4) is 0 Å². The number of carbonyl (C=O) groups is 1. The maximum atomic E-state index is 12.1. The number of ether oxygens (including phenoxy) is 1. The Bertz CT molecular complexity index is 477. The molecule has 1 N–H and O–H groups in total. The Morgan fingerprint density at radius 2 is 1.55 bits per heavy atom. The zero-order valence-electron chi connectivity index (χ0n) is 12.3. The Morgan fingerprint density at radius 1 is 1.00 bits per heavy atom. The van der Waals surface area contributed by atoms with Gasteiger partial charge in [-0.05, 0) is 37.1 Å². The highest BCUT2D eigenvalue weighted by Gasteiger charge is 2.31. The zero-order valence-corrected chi connectivity index (χ0v) is 12.3. The van der Waals surface area contributed by atoms with E-state index in [9.17, 15) is 18.0 Å². The van der Waals surface area contributed by atoms with Crippen molar-refractivity contribution in [2.24, 2.45) is 0 Å². The van der Waals surface area contributed by atoms with Gasteiger partial charge in [-0.1, -0.05) is 32.1 Å². The first-order valence-electron chi connectivity index (χ1n) is 7.61. The van der Waals surface area contributed by atoms with E-state index in [4.69, 9.17) is 0 Å². The van der Waals surface area contributed by atoms with E-state index >= 15 is 0 Å². The fraction of sp³-hybridized carbons (Fsp3) is 0.562. The fourth-order valence-electron chi connectivity index (χ4n) is 2.68. The molecule has 0 unspecified atom stereocenters. The van der Waals surface area contributed by atoms with Crippen molar-refractivity contribution in [2.45, 2.75) is 57.3 Å². The lowest BCUT2D eigenvalue weighted by molar-refractivity contribution is -0.274. The van der Waals surface area contributed by atoms with Crippen LogP contribution in [0, 0.1) is 0 Å². The molecule has 0 atom stereocenters. The molecule has 0 radical (unpaired) electrons. The summed E-state index contributed by atoms with van der Waals surface area (Å²) >= 11 is 0. The van der Waals surface area contributed by atoms with Crippen molar-refractivity contribution in [3.05, 3.63) is 29.8 Å². The number of rotatable bonds is 3. The molecule has 1 aliphatic rings. The molecule has 0 heterocycles. The van der Waals surface area contributed by atoms with E-state index in [1.54, 1.807) is 0 Å². The summed E-state index contributed by atoms with van der Waals surface area (Å²) in [7, 11) is 0. The van der Waals surface area contributed by atoms with Crippen LogP contribution in [0.1, 0.15) is 55.3 Å². The topological polar surface area (TPSA) is 38.3 Å². The van der Waals surface area contributed by atoms with Crippen LogP contribution in [0.5, 0.6) is 5.75 Å². The van der Waals surface area contributed by atoms with Gasteiger partial charge in [0.15, 0.2) is 0 Å². The summed E-state index contributed by atoms with van der Waals surface area (Å²) in [5.41, 5.74) is 0.344. The number of hydrogen-bond donors (Lipinski definition) is 1. The van der Waals surface area contributed by atoms with E-state index in [0.29, 0.717) is 5.56 Å². The molecule has 0 spiro atoms. The maximum Gasteiger partial charge on any atom is 0.573 e. The van der Waals surface area contributed by atoms with E-state index < -0.39 is 6.36 Å². The molecule has 122 valence electrons. The van der Waals surface area contributed by atoms with E-state index in [1.807, 2.05) is 0 Å². The normalized spacial score (nSPS) is 17.4. The van der Waals surface area contributed by atoms with Gasteiger partial charge in [0.25, 0.3) is 5.91 Å². The van der Waals surface area contributed by atoms with Crippen LogP contribution in [0.4, 0.5) is 13.2 Å². The summed E-state index contributed by atoms with van der Waals surface area (Å²) in [4.78, 5) is 12.1. The number of alkyl halides is 3. The van der Waals surface area contributed by atoms with Gasteiger partial charge >= 0.3 is 6.36 Å². The Labute approximate surface area is 127 Å². The number of benzene rings is 1. The monoisotopic (exact) mass is 315 g/mol. The Balaban J connectivity index is 1.91. The van der Waals surface area contributed by atoms with Crippen molar-refractivity contribution in [3.8, 4) is 5.75 Å². The van der Waals surface area contributed by atoms with Gasteiger partial charge in [-0.2, -0.15) is 0 Å². The van der Waals surface area contributed by atoms with Crippen molar-refractivity contribution in [3.63, 3.8) is 0 Å². The summed E-state index contributed by atoms with van der Waals surface area (Å²) in [6, 6.07) is 5.15. The molecule has 2 rings (SSSR count). The molecular formula is C16H20F3NO2. The van der Waals surface area contributed by atoms with E-state index in [2.05, 4.69) is 10.1 Å². The predicted octanol–water partition coefficient (Wildman–Crippen LogP) is 4.43. The SMILES string of the molecule is O=C(NC1CCCCCCC1)c1ccc(OC(F)(F)F)cc1. The molecule has 1 saturated carbocycles. The van der Waals surface area contributed by atoms with Gasteiger partial charge in [0.05, 0.1) is 0 Å². The van der Waals surface area contributed by atoms with Crippen LogP contribution in [0.15, 0.2) is 24.3 Å². The lowest BCUT2D eigenvalue weighted by Crippen LogP contribution is -2.35. The first-order chi connectivity index (χ1) is 10.4. The fourth-order valence-corrected chi connectivity index (χ4v) is 2.68. The second-order valence-electron chi connectivity index (χ2n) is 5.59. The molecule has 3 nitrogen and oxygen atoms in total. The third-order valence-corrected chi connectivity index (χ3v) is 3.79.